The van der Waals surface area contributed by atoms with Crippen LogP contribution in [0.1, 0.15) is 40.9 Å². The summed E-state index contributed by atoms with van der Waals surface area (Å²) < 4.78 is 5.55. The molecule has 4 N–H and O–H groups in total. The van der Waals surface area contributed by atoms with Crippen molar-refractivity contribution in [2.24, 2.45) is 5.73 Å². The zero-order valence-corrected chi connectivity index (χ0v) is 22.1. The molecule has 1 saturated heterocycles. The van der Waals surface area contributed by atoms with Crippen molar-refractivity contribution >= 4 is 57.2 Å². The monoisotopic (exact) mass is 543 g/mol. The molecule has 3 aromatic rings. The molecule has 196 valence electrons. The lowest BCUT2D eigenvalue weighted by atomic mass is 9.93. The number of carbonyl (C=O) groups is 1. The summed E-state index contributed by atoms with van der Waals surface area (Å²) in [7, 11) is 0. The zero-order chi connectivity index (χ0) is 25.9. The molecule has 5 rings (SSSR count). The van der Waals surface area contributed by atoms with Crippen LogP contribution in [-0.2, 0) is 4.74 Å². The second kappa shape index (κ2) is 11.2. The molecule has 10 nitrogen and oxygen atoms in total. The minimum Gasteiger partial charge on any atom is -0.393 e. The number of halogens is 1. The lowest BCUT2D eigenvalue weighted by Crippen LogP contribution is -2.37. The molecule has 1 aromatic carbocycles. The number of rotatable bonds is 7. The number of hydrogen-bond acceptors (Lipinski definition) is 10. The third-order valence-corrected chi connectivity index (χ3v) is 7.94. The van der Waals surface area contributed by atoms with Gasteiger partial charge >= 0.3 is 0 Å². The molecule has 0 spiro atoms. The van der Waals surface area contributed by atoms with Gasteiger partial charge in [0.05, 0.1) is 36.2 Å². The maximum absolute atomic E-state index is 11.9. The lowest BCUT2D eigenvalue weighted by Gasteiger charge is -2.31. The first-order valence-corrected chi connectivity index (χ1v) is 13.6. The number of para-hydroxylation sites is 1. The van der Waals surface area contributed by atoms with Crippen molar-refractivity contribution in [3.05, 3.63) is 45.9 Å². The van der Waals surface area contributed by atoms with Crippen LogP contribution in [0.25, 0.3) is 0 Å². The Morgan fingerprint density at radius 2 is 2.00 bits per heavy atom. The molecule has 37 heavy (non-hydrogen) atoms. The Morgan fingerprint density at radius 1 is 1.24 bits per heavy atom. The summed E-state index contributed by atoms with van der Waals surface area (Å²) in [4.78, 5) is 30.5. The van der Waals surface area contributed by atoms with E-state index in [2.05, 4.69) is 15.2 Å². The standard InChI is InChI=1S/C25H30ClN7O3S/c1-15-3-2-4-18(26)22(15)33(25-28-14-19(37-25)23(27)35)21-13-20(32-9-11-36-12-10-32)30-24(31-21)29-16-5-7-17(34)8-6-16/h2-4,13-14,16-17,34H,5-12H2,1H3,(H2,27,35)(H,29,30,31). The van der Waals surface area contributed by atoms with Gasteiger partial charge in [0.1, 0.15) is 16.5 Å². The summed E-state index contributed by atoms with van der Waals surface area (Å²) in [6, 6.07) is 7.74. The molecule has 2 aromatic heterocycles. The summed E-state index contributed by atoms with van der Waals surface area (Å²) in [5.74, 6) is 1.27. The molecule has 0 atom stereocenters. The van der Waals surface area contributed by atoms with E-state index in [1.54, 1.807) is 0 Å². The molecule has 1 saturated carbocycles. The SMILES string of the molecule is Cc1cccc(Cl)c1N(c1cc(N2CCOCC2)nc(NC2CCC(O)CC2)n1)c1ncc(C(N)=O)s1. The normalized spacial score (nSPS) is 20.0. The number of anilines is 5. The van der Waals surface area contributed by atoms with E-state index in [9.17, 15) is 9.90 Å². The highest BCUT2D eigenvalue weighted by atomic mass is 35.5. The Kier molecular flexibility index (Phi) is 7.75. The number of nitrogens with two attached hydrogens (primary N) is 1. The van der Waals surface area contributed by atoms with Crippen molar-refractivity contribution in [1.82, 2.24) is 15.0 Å². The smallest absolute Gasteiger partial charge is 0.260 e. The maximum Gasteiger partial charge on any atom is 0.260 e. The van der Waals surface area contributed by atoms with Gasteiger partial charge in [-0.25, -0.2) is 4.98 Å². The highest BCUT2D eigenvalue weighted by Crippen LogP contribution is 2.42. The van der Waals surface area contributed by atoms with E-state index in [4.69, 9.17) is 32.0 Å². The molecule has 0 radical (unpaired) electrons. The molecule has 2 aliphatic rings. The number of aryl methyl sites for hydroxylation is 1. The van der Waals surface area contributed by atoms with Gasteiger partial charge < -0.3 is 25.8 Å². The van der Waals surface area contributed by atoms with E-state index in [0.717, 1.165) is 37.1 Å². The van der Waals surface area contributed by atoms with Gasteiger partial charge in [-0.1, -0.05) is 35.1 Å². The number of nitrogens with zero attached hydrogens (tertiary/aromatic N) is 5. The Bertz CT molecular complexity index is 1240. The number of benzene rings is 1. The molecule has 12 heteroatoms. The lowest BCUT2D eigenvalue weighted by molar-refractivity contribution is 0.100. The first-order valence-electron chi connectivity index (χ1n) is 12.4. The number of nitrogens with one attached hydrogen (secondary N) is 1. The highest BCUT2D eigenvalue weighted by Gasteiger charge is 2.26. The van der Waals surface area contributed by atoms with E-state index in [0.29, 0.717) is 58.8 Å². The first kappa shape index (κ1) is 25.7. The van der Waals surface area contributed by atoms with E-state index < -0.39 is 5.91 Å². The minimum absolute atomic E-state index is 0.160. The zero-order valence-electron chi connectivity index (χ0n) is 20.6. The predicted molar refractivity (Wildman–Crippen MR) is 146 cm³/mol. The second-order valence-electron chi connectivity index (χ2n) is 9.27. The van der Waals surface area contributed by atoms with Crippen LogP contribution in [0.15, 0.2) is 30.5 Å². The van der Waals surface area contributed by atoms with Gasteiger partial charge in [0, 0.05) is 25.2 Å². The van der Waals surface area contributed by atoms with Gasteiger partial charge in [0.15, 0.2) is 5.13 Å². The van der Waals surface area contributed by atoms with Gasteiger partial charge in [-0.3, -0.25) is 9.69 Å². The molecule has 0 bridgehead atoms. The summed E-state index contributed by atoms with van der Waals surface area (Å²) in [6.45, 7) is 4.61. The Balaban J connectivity index is 1.62. The largest absolute Gasteiger partial charge is 0.393 e. The molecular formula is C25H30ClN7O3S. The topological polar surface area (TPSA) is 130 Å². The number of aliphatic hydroxyl groups excluding tert-OH is 1. The van der Waals surface area contributed by atoms with Crippen LogP contribution in [0.5, 0.6) is 0 Å². The average Bonchev–Trinajstić information content (AvgIpc) is 3.38. The first-order chi connectivity index (χ1) is 17.9. The maximum atomic E-state index is 11.9. The summed E-state index contributed by atoms with van der Waals surface area (Å²) in [5, 5.41) is 14.5. The van der Waals surface area contributed by atoms with Crippen LogP contribution in [0.4, 0.5) is 28.4 Å². The number of amides is 1. The number of thiazole rings is 1. The quantitative estimate of drug-likeness (QED) is 0.404. The van der Waals surface area contributed by atoms with Crippen LogP contribution >= 0.6 is 22.9 Å². The highest BCUT2D eigenvalue weighted by molar-refractivity contribution is 7.17. The van der Waals surface area contributed by atoms with E-state index >= 15 is 0 Å². The Morgan fingerprint density at radius 3 is 2.68 bits per heavy atom. The summed E-state index contributed by atoms with van der Waals surface area (Å²) in [5.41, 5.74) is 7.18. The summed E-state index contributed by atoms with van der Waals surface area (Å²) in [6.07, 6.45) is 4.38. The number of primary amides is 1. The fourth-order valence-electron chi connectivity index (χ4n) is 4.66. The van der Waals surface area contributed by atoms with Crippen molar-refractivity contribution in [1.29, 1.82) is 0 Å². The molecule has 1 amide bonds. The number of carbonyl (C=O) groups excluding carboxylic acids is 1. The van der Waals surface area contributed by atoms with Gasteiger partial charge in [-0.15, -0.1) is 0 Å². The molecule has 2 fully saturated rings. The summed E-state index contributed by atoms with van der Waals surface area (Å²) >= 11 is 7.90. The fourth-order valence-corrected chi connectivity index (χ4v) is 5.75. The van der Waals surface area contributed by atoms with E-state index in [-0.39, 0.29) is 12.1 Å². The number of hydrogen-bond donors (Lipinski definition) is 3. The van der Waals surface area contributed by atoms with Crippen molar-refractivity contribution in [3.63, 3.8) is 0 Å². The second-order valence-corrected chi connectivity index (χ2v) is 10.7. The van der Waals surface area contributed by atoms with Gasteiger partial charge in [-0.05, 0) is 44.2 Å². The molecule has 1 aliphatic carbocycles. The molecular weight excluding hydrogens is 514 g/mol. The van der Waals surface area contributed by atoms with Crippen LogP contribution in [-0.4, -0.2) is 64.4 Å². The van der Waals surface area contributed by atoms with Crippen LogP contribution in [0.3, 0.4) is 0 Å². The van der Waals surface area contributed by atoms with Crippen molar-refractivity contribution < 1.29 is 14.6 Å². The predicted octanol–water partition coefficient (Wildman–Crippen LogP) is 4.02. The fraction of sp³-hybridized carbons (Fsp3) is 0.440. The van der Waals surface area contributed by atoms with Crippen molar-refractivity contribution in [2.45, 2.75) is 44.8 Å². The number of morpholine rings is 1. The van der Waals surface area contributed by atoms with Crippen LogP contribution < -0.4 is 20.9 Å². The molecule has 3 heterocycles. The molecule has 1 aliphatic heterocycles. The van der Waals surface area contributed by atoms with E-state index in [1.807, 2.05) is 36.1 Å². The number of ether oxygens (including phenoxy) is 1. The third-order valence-electron chi connectivity index (χ3n) is 6.63. The van der Waals surface area contributed by atoms with Gasteiger partial charge in [0.25, 0.3) is 5.91 Å². The van der Waals surface area contributed by atoms with Gasteiger partial charge in [0.2, 0.25) is 5.95 Å². The molecule has 0 unspecified atom stereocenters. The number of aliphatic hydroxyl groups is 1. The van der Waals surface area contributed by atoms with Crippen LogP contribution in [0, 0.1) is 6.92 Å². The van der Waals surface area contributed by atoms with E-state index in [1.165, 1.54) is 17.5 Å². The third kappa shape index (κ3) is 5.80. The Hall–Kier alpha value is -2.99. The Labute approximate surface area is 224 Å². The number of aromatic nitrogens is 3. The van der Waals surface area contributed by atoms with Crippen LogP contribution in [0.2, 0.25) is 5.02 Å². The minimum atomic E-state index is -0.543. The van der Waals surface area contributed by atoms with Crippen molar-refractivity contribution in [3.8, 4) is 0 Å². The average molecular weight is 544 g/mol. The van der Waals surface area contributed by atoms with Gasteiger partial charge in [-0.2, -0.15) is 9.97 Å². The van der Waals surface area contributed by atoms with Crippen molar-refractivity contribution in [2.75, 3.05) is 41.4 Å².